The highest BCUT2D eigenvalue weighted by atomic mass is 16.6. The normalized spacial score (nSPS) is 9.79. The quantitative estimate of drug-likeness (QED) is 0.596. The predicted octanol–water partition coefficient (Wildman–Crippen LogP) is 3.75. The van der Waals surface area contributed by atoms with Gasteiger partial charge in [-0.1, -0.05) is 19.1 Å². The SMILES string of the molecule is CCCN(Cc1ccc(C#N)cc1)c1ccc(C#N)cc1[N+](=O)[O-]. The summed E-state index contributed by atoms with van der Waals surface area (Å²) in [5, 5.41) is 29.2. The highest BCUT2D eigenvalue weighted by Crippen LogP contribution is 2.30. The van der Waals surface area contributed by atoms with Gasteiger partial charge in [-0.2, -0.15) is 10.5 Å². The number of nitro benzene ring substituents is 1. The van der Waals surface area contributed by atoms with Crippen LogP contribution in [-0.2, 0) is 6.54 Å². The summed E-state index contributed by atoms with van der Waals surface area (Å²) in [6.07, 6.45) is 0.827. The third-order valence-corrected chi connectivity index (χ3v) is 3.59. The van der Waals surface area contributed by atoms with Gasteiger partial charge in [-0.25, -0.2) is 0 Å². The second kappa shape index (κ2) is 7.75. The van der Waals surface area contributed by atoms with Crippen molar-refractivity contribution in [1.82, 2.24) is 0 Å². The molecule has 0 fully saturated rings. The lowest BCUT2D eigenvalue weighted by Crippen LogP contribution is -2.24. The smallest absolute Gasteiger partial charge is 0.293 e. The minimum Gasteiger partial charge on any atom is -0.362 e. The molecule has 2 aromatic carbocycles. The molecule has 0 saturated carbocycles. The van der Waals surface area contributed by atoms with Gasteiger partial charge in [0.1, 0.15) is 5.69 Å². The van der Waals surface area contributed by atoms with E-state index in [2.05, 4.69) is 6.07 Å². The highest BCUT2D eigenvalue weighted by Gasteiger charge is 2.20. The molecule has 2 aromatic rings. The van der Waals surface area contributed by atoms with E-state index in [4.69, 9.17) is 10.5 Å². The molecule has 0 saturated heterocycles. The summed E-state index contributed by atoms with van der Waals surface area (Å²) >= 11 is 0. The van der Waals surface area contributed by atoms with Gasteiger partial charge in [0.05, 0.1) is 28.2 Å². The Bertz CT molecular complexity index is 816. The molecule has 0 N–H and O–H groups in total. The Morgan fingerprint density at radius 1 is 1.08 bits per heavy atom. The van der Waals surface area contributed by atoms with E-state index in [9.17, 15) is 10.1 Å². The fourth-order valence-corrected chi connectivity index (χ4v) is 2.47. The first-order chi connectivity index (χ1) is 11.6. The van der Waals surface area contributed by atoms with Crippen LogP contribution in [0.15, 0.2) is 42.5 Å². The van der Waals surface area contributed by atoms with Gasteiger partial charge in [-0.3, -0.25) is 10.1 Å². The van der Waals surface area contributed by atoms with Crippen LogP contribution in [-0.4, -0.2) is 11.5 Å². The lowest BCUT2D eigenvalue weighted by atomic mass is 10.1. The fourth-order valence-electron chi connectivity index (χ4n) is 2.47. The van der Waals surface area contributed by atoms with E-state index in [1.165, 1.54) is 6.07 Å². The number of anilines is 1. The molecule has 0 radical (unpaired) electrons. The molecule has 0 aliphatic rings. The van der Waals surface area contributed by atoms with Crippen molar-refractivity contribution in [3.05, 3.63) is 69.3 Å². The van der Waals surface area contributed by atoms with Crippen LogP contribution < -0.4 is 4.90 Å². The summed E-state index contributed by atoms with van der Waals surface area (Å²) in [5.74, 6) is 0. The van der Waals surface area contributed by atoms with Gasteiger partial charge in [0.25, 0.3) is 5.69 Å². The fraction of sp³-hybridized carbons (Fsp3) is 0.222. The number of nitriles is 2. The monoisotopic (exact) mass is 320 g/mol. The van der Waals surface area contributed by atoms with E-state index in [0.29, 0.717) is 24.3 Å². The van der Waals surface area contributed by atoms with E-state index in [-0.39, 0.29) is 11.3 Å². The molecular formula is C18H16N4O2. The summed E-state index contributed by atoms with van der Waals surface area (Å²) in [6, 6.07) is 15.7. The zero-order valence-electron chi connectivity index (χ0n) is 13.3. The van der Waals surface area contributed by atoms with Crippen molar-refractivity contribution in [3.63, 3.8) is 0 Å². The molecular weight excluding hydrogens is 304 g/mol. The Balaban J connectivity index is 2.38. The second-order valence-electron chi connectivity index (χ2n) is 5.30. The molecule has 0 aliphatic carbocycles. The molecule has 0 unspecified atom stereocenters. The largest absolute Gasteiger partial charge is 0.362 e. The Hall–Kier alpha value is -3.38. The van der Waals surface area contributed by atoms with Crippen LogP contribution in [0.2, 0.25) is 0 Å². The lowest BCUT2D eigenvalue weighted by molar-refractivity contribution is -0.384. The van der Waals surface area contributed by atoms with Crippen LogP contribution in [0.3, 0.4) is 0 Å². The molecule has 120 valence electrons. The molecule has 2 rings (SSSR count). The van der Waals surface area contributed by atoms with Crippen molar-refractivity contribution in [2.24, 2.45) is 0 Å². The lowest BCUT2D eigenvalue weighted by Gasteiger charge is -2.24. The Morgan fingerprint density at radius 2 is 1.71 bits per heavy atom. The minimum absolute atomic E-state index is 0.0730. The number of benzene rings is 2. The van der Waals surface area contributed by atoms with Crippen molar-refractivity contribution in [1.29, 1.82) is 10.5 Å². The summed E-state index contributed by atoms with van der Waals surface area (Å²) < 4.78 is 0. The molecule has 0 heterocycles. The van der Waals surface area contributed by atoms with Crippen LogP contribution in [0.5, 0.6) is 0 Å². The first-order valence-electron chi connectivity index (χ1n) is 7.51. The van der Waals surface area contributed by atoms with Gasteiger partial charge in [-0.05, 0) is 36.2 Å². The first-order valence-corrected chi connectivity index (χ1v) is 7.51. The number of hydrogen-bond acceptors (Lipinski definition) is 5. The van der Waals surface area contributed by atoms with E-state index in [0.717, 1.165) is 12.0 Å². The van der Waals surface area contributed by atoms with Crippen LogP contribution in [0.1, 0.15) is 30.0 Å². The average molecular weight is 320 g/mol. The molecule has 24 heavy (non-hydrogen) atoms. The molecule has 0 atom stereocenters. The summed E-state index contributed by atoms with van der Waals surface area (Å²) in [4.78, 5) is 12.8. The zero-order valence-corrected chi connectivity index (χ0v) is 13.3. The second-order valence-corrected chi connectivity index (χ2v) is 5.30. The van der Waals surface area contributed by atoms with Crippen LogP contribution in [0.4, 0.5) is 11.4 Å². The molecule has 6 heteroatoms. The summed E-state index contributed by atoms with van der Waals surface area (Å²) in [7, 11) is 0. The Morgan fingerprint density at radius 3 is 2.25 bits per heavy atom. The van der Waals surface area contributed by atoms with Crippen LogP contribution in [0.25, 0.3) is 0 Å². The zero-order chi connectivity index (χ0) is 17.5. The third-order valence-electron chi connectivity index (χ3n) is 3.59. The summed E-state index contributed by atoms with van der Waals surface area (Å²) in [6.45, 7) is 3.14. The molecule has 0 aromatic heterocycles. The average Bonchev–Trinajstić information content (AvgIpc) is 2.61. The molecule has 0 spiro atoms. The topological polar surface area (TPSA) is 94.0 Å². The van der Waals surface area contributed by atoms with Gasteiger partial charge in [0, 0.05) is 19.2 Å². The minimum atomic E-state index is -0.461. The maximum absolute atomic E-state index is 11.4. The van der Waals surface area contributed by atoms with Crippen molar-refractivity contribution < 1.29 is 4.92 Å². The van der Waals surface area contributed by atoms with Gasteiger partial charge >= 0.3 is 0 Å². The van der Waals surface area contributed by atoms with Gasteiger partial charge in [0.2, 0.25) is 0 Å². The van der Waals surface area contributed by atoms with Crippen LogP contribution >= 0.6 is 0 Å². The van der Waals surface area contributed by atoms with E-state index < -0.39 is 4.92 Å². The maximum Gasteiger partial charge on any atom is 0.293 e. The summed E-state index contributed by atoms with van der Waals surface area (Å²) in [5.41, 5.74) is 2.22. The molecule has 0 amide bonds. The van der Waals surface area contributed by atoms with Crippen molar-refractivity contribution >= 4 is 11.4 Å². The Kier molecular flexibility index (Phi) is 5.49. The number of nitro groups is 1. The number of hydrogen-bond donors (Lipinski definition) is 0. The van der Waals surface area contributed by atoms with Gasteiger partial charge < -0.3 is 4.90 Å². The van der Waals surface area contributed by atoms with E-state index in [1.54, 1.807) is 24.3 Å². The third kappa shape index (κ3) is 3.88. The standard InChI is InChI=1S/C18H16N4O2/c1-2-9-21(13-15-5-3-14(11-19)4-6-15)17-8-7-16(12-20)10-18(17)22(23)24/h3-8,10H,2,9,13H2,1H3. The number of nitrogens with zero attached hydrogens (tertiary/aromatic N) is 4. The number of rotatable bonds is 6. The first kappa shape index (κ1) is 17.0. The Labute approximate surface area is 140 Å². The van der Waals surface area contributed by atoms with E-state index in [1.807, 2.05) is 30.0 Å². The molecule has 0 bridgehead atoms. The van der Waals surface area contributed by atoms with Crippen molar-refractivity contribution in [2.45, 2.75) is 19.9 Å². The van der Waals surface area contributed by atoms with E-state index >= 15 is 0 Å². The molecule has 6 nitrogen and oxygen atoms in total. The maximum atomic E-state index is 11.4. The van der Waals surface area contributed by atoms with Crippen LogP contribution in [0, 0.1) is 32.8 Å². The molecule has 0 aliphatic heterocycles. The van der Waals surface area contributed by atoms with Gasteiger partial charge in [-0.15, -0.1) is 0 Å². The predicted molar refractivity (Wildman–Crippen MR) is 90.3 cm³/mol. The van der Waals surface area contributed by atoms with Crippen molar-refractivity contribution in [3.8, 4) is 12.1 Å². The van der Waals surface area contributed by atoms with Gasteiger partial charge in [0.15, 0.2) is 0 Å². The highest BCUT2D eigenvalue weighted by molar-refractivity contribution is 5.65. The van der Waals surface area contributed by atoms with Crippen molar-refractivity contribution in [2.75, 3.05) is 11.4 Å².